The number of hydrogen-bond donors (Lipinski definition) is 1. The van der Waals surface area contributed by atoms with Crippen LogP contribution in [0.3, 0.4) is 0 Å². The summed E-state index contributed by atoms with van der Waals surface area (Å²) in [6, 6.07) is 9.98. The molecule has 29 heavy (non-hydrogen) atoms. The third-order valence-corrected chi connectivity index (χ3v) is 5.48. The molecule has 1 aliphatic rings. The molecule has 0 atom stereocenters. The zero-order chi connectivity index (χ0) is 21.0. The summed E-state index contributed by atoms with van der Waals surface area (Å²) in [4.78, 5) is 27.3. The van der Waals surface area contributed by atoms with Crippen LogP contribution < -0.4 is 14.8 Å². The Bertz CT molecular complexity index is 889. The van der Waals surface area contributed by atoms with Crippen LogP contribution in [0.25, 0.3) is 0 Å². The number of piperidine rings is 1. The van der Waals surface area contributed by atoms with Gasteiger partial charge < -0.3 is 19.7 Å². The van der Waals surface area contributed by atoms with Crippen LogP contribution >= 0.6 is 23.2 Å². The fraction of sp³-hybridized carbons (Fsp3) is 0.333. The Morgan fingerprint density at radius 1 is 1.03 bits per heavy atom. The van der Waals surface area contributed by atoms with Gasteiger partial charge in [0, 0.05) is 24.2 Å². The van der Waals surface area contributed by atoms with Crippen molar-refractivity contribution in [3.8, 4) is 11.5 Å². The molecule has 0 spiro atoms. The molecule has 1 fully saturated rings. The predicted molar refractivity (Wildman–Crippen MR) is 112 cm³/mol. The molecule has 1 N–H and O–H groups in total. The van der Waals surface area contributed by atoms with Crippen LogP contribution in [0, 0.1) is 0 Å². The summed E-state index contributed by atoms with van der Waals surface area (Å²) in [5.41, 5.74) is 0.793. The Balaban J connectivity index is 1.63. The minimum atomic E-state index is -0.259. The Hall–Kier alpha value is -2.44. The molecule has 3 rings (SSSR count). The van der Waals surface area contributed by atoms with Crippen LogP contribution in [0.2, 0.25) is 10.0 Å². The second-order valence-corrected chi connectivity index (χ2v) is 7.55. The number of nitrogens with zero attached hydrogens (tertiary/aromatic N) is 1. The molecule has 2 aromatic rings. The number of benzene rings is 2. The highest BCUT2D eigenvalue weighted by atomic mass is 35.5. The quantitative estimate of drug-likeness (QED) is 0.767. The van der Waals surface area contributed by atoms with Crippen molar-refractivity contribution in [1.82, 2.24) is 10.2 Å². The fourth-order valence-electron chi connectivity index (χ4n) is 3.39. The predicted octanol–water partition coefficient (Wildman–Crippen LogP) is 4.05. The molecule has 0 aliphatic carbocycles. The van der Waals surface area contributed by atoms with E-state index in [2.05, 4.69) is 5.32 Å². The second kappa shape index (κ2) is 9.37. The molecule has 1 aliphatic heterocycles. The first-order valence-corrected chi connectivity index (χ1v) is 9.96. The maximum Gasteiger partial charge on any atom is 0.259 e. The summed E-state index contributed by atoms with van der Waals surface area (Å²) in [7, 11) is 3.02. The number of halogens is 2. The first kappa shape index (κ1) is 21.3. The van der Waals surface area contributed by atoms with Crippen LogP contribution in [-0.2, 0) is 0 Å². The van der Waals surface area contributed by atoms with Gasteiger partial charge in [0.15, 0.2) is 0 Å². The maximum absolute atomic E-state index is 12.8. The van der Waals surface area contributed by atoms with Gasteiger partial charge in [-0.15, -0.1) is 0 Å². The molecular formula is C21H22Cl2N2O4. The first-order chi connectivity index (χ1) is 13.9. The van der Waals surface area contributed by atoms with Gasteiger partial charge in [0.05, 0.1) is 24.8 Å². The molecule has 8 heteroatoms. The lowest BCUT2D eigenvalue weighted by Gasteiger charge is -2.32. The maximum atomic E-state index is 12.8. The van der Waals surface area contributed by atoms with Gasteiger partial charge in [-0.3, -0.25) is 9.59 Å². The van der Waals surface area contributed by atoms with Crippen molar-refractivity contribution < 1.29 is 19.1 Å². The molecule has 0 bridgehead atoms. The molecule has 0 saturated carbocycles. The Kier molecular flexibility index (Phi) is 6.87. The summed E-state index contributed by atoms with van der Waals surface area (Å²) in [5.74, 6) is 0.506. The van der Waals surface area contributed by atoms with Crippen LogP contribution in [0.4, 0.5) is 0 Å². The summed E-state index contributed by atoms with van der Waals surface area (Å²) in [6.07, 6.45) is 1.28. The normalized spacial score (nSPS) is 14.4. The molecule has 0 aromatic heterocycles. The number of likely N-dealkylation sites (tertiary alicyclic amines) is 1. The van der Waals surface area contributed by atoms with Crippen LogP contribution in [0.1, 0.15) is 33.6 Å². The van der Waals surface area contributed by atoms with Gasteiger partial charge in [-0.05, 0) is 43.2 Å². The van der Waals surface area contributed by atoms with E-state index >= 15 is 0 Å². The monoisotopic (exact) mass is 436 g/mol. The molecule has 1 saturated heterocycles. The van der Waals surface area contributed by atoms with Crippen LogP contribution in [0.15, 0.2) is 36.4 Å². The van der Waals surface area contributed by atoms with E-state index in [1.54, 1.807) is 41.3 Å². The fourth-order valence-corrected chi connectivity index (χ4v) is 3.88. The minimum Gasteiger partial charge on any atom is -0.496 e. The van der Waals surface area contributed by atoms with E-state index in [-0.39, 0.29) is 17.9 Å². The Morgan fingerprint density at radius 2 is 1.66 bits per heavy atom. The second-order valence-electron chi connectivity index (χ2n) is 6.70. The van der Waals surface area contributed by atoms with Gasteiger partial charge in [0.1, 0.15) is 17.1 Å². The molecule has 0 radical (unpaired) electrons. The topological polar surface area (TPSA) is 67.9 Å². The molecule has 154 valence electrons. The van der Waals surface area contributed by atoms with Gasteiger partial charge in [-0.25, -0.2) is 0 Å². The summed E-state index contributed by atoms with van der Waals surface area (Å²) in [6.45, 7) is 1.04. The number of nitrogens with one attached hydrogen (secondary N) is 1. The molecule has 2 aromatic carbocycles. The standard InChI is InChI=1S/C21H22Cl2N2O4/c1-28-17-4-3-5-18(29-2)19(17)20(26)24-14-8-10-25(11-9-14)21(27)15-7-6-13(22)12-16(15)23/h3-7,12,14H,8-11H2,1-2H3,(H,24,26). The zero-order valence-electron chi connectivity index (χ0n) is 16.2. The third kappa shape index (κ3) is 4.77. The van der Waals surface area contributed by atoms with E-state index in [0.29, 0.717) is 58.6 Å². The third-order valence-electron chi connectivity index (χ3n) is 4.93. The number of ether oxygens (including phenoxy) is 2. The van der Waals surface area contributed by atoms with E-state index in [4.69, 9.17) is 32.7 Å². The average molecular weight is 437 g/mol. The lowest BCUT2D eigenvalue weighted by molar-refractivity contribution is 0.0698. The largest absolute Gasteiger partial charge is 0.496 e. The van der Waals surface area contributed by atoms with E-state index in [1.165, 1.54) is 14.2 Å². The van der Waals surface area contributed by atoms with E-state index in [1.807, 2.05) is 0 Å². The smallest absolute Gasteiger partial charge is 0.259 e. The Morgan fingerprint density at radius 3 is 2.21 bits per heavy atom. The van der Waals surface area contributed by atoms with Crippen LogP contribution in [-0.4, -0.2) is 50.1 Å². The van der Waals surface area contributed by atoms with E-state index in [0.717, 1.165) is 0 Å². The molecule has 1 heterocycles. The van der Waals surface area contributed by atoms with Crippen molar-refractivity contribution in [3.05, 3.63) is 57.6 Å². The van der Waals surface area contributed by atoms with E-state index in [9.17, 15) is 9.59 Å². The number of rotatable bonds is 5. The lowest BCUT2D eigenvalue weighted by Crippen LogP contribution is -2.46. The van der Waals surface area contributed by atoms with Crippen molar-refractivity contribution in [2.75, 3.05) is 27.3 Å². The van der Waals surface area contributed by atoms with Crippen molar-refractivity contribution in [2.24, 2.45) is 0 Å². The van der Waals surface area contributed by atoms with Crippen molar-refractivity contribution >= 4 is 35.0 Å². The SMILES string of the molecule is COc1cccc(OC)c1C(=O)NC1CCN(C(=O)c2ccc(Cl)cc2Cl)CC1. The average Bonchev–Trinajstić information content (AvgIpc) is 2.73. The highest BCUT2D eigenvalue weighted by Gasteiger charge is 2.27. The van der Waals surface area contributed by atoms with Gasteiger partial charge >= 0.3 is 0 Å². The number of hydrogen-bond acceptors (Lipinski definition) is 4. The van der Waals surface area contributed by atoms with Crippen molar-refractivity contribution in [3.63, 3.8) is 0 Å². The van der Waals surface area contributed by atoms with Crippen molar-refractivity contribution in [2.45, 2.75) is 18.9 Å². The van der Waals surface area contributed by atoms with Gasteiger partial charge in [-0.2, -0.15) is 0 Å². The highest BCUT2D eigenvalue weighted by Crippen LogP contribution is 2.29. The van der Waals surface area contributed by atoms with Gasteiger partial charge in [-0.1, -0.05) is 29.3 Å². The van der Waals surface area contributed by atoms with Gasteiger partial charge in [0.2, 0.25) is 0 Å². The van der Waals surface area contributed by atoms with E-state index < -0.39 is 0 Å². The summed E-state index contributed by atoms with van der Waals surface area (Å²) in [5, 5.41) is 3.84. The molecule has 0 unspecified atom stereocenters. The summed E-state index contributed by atoms with van der Waals surface area (Å²) < 4.78 is 10.6. The van der Waals surface area contributed by atoms with Crippen LogP contribution in [0.5, 0.6) is 11.5 Å². The number of carbonyl (C=O) groups excluding carboxylic acids is 2. The lowest BCUT2D eigenvalue weighted by atomic mass is 10.0. The van der Waals surface area contributed by atoms with Gasteiger partial charge in [0.25, 0.3) is 11.8 Å². The zero-order valence-corrected chi connectivity index (χ0v) is 17.7. The van der Waals surface area contributed by atoms with Crippen molar-refractivity contribution in [1.29, 1.82) is 0 Å². The Labute approximate surface area is 179 Å². The minimum absolute atomic E-state index is 0.0538. The number of amides is 2. The molecular weight excluding hydrogens is 415 g/mol. The molecule has 2 amide bonds. The number of carbonyl (C=O) groups is 2. The number of methoxy groups -OCH3 is 2. The first-order valence-electron chi connectivity index (χ1n) is 9.20. The highest BCUT2D eigenvalue weighted by molar-refractivity contribution is 6.36. The molecule has 6 nitrogen and oxygen atoms in total. The summed E-state index contributed by atoms with van der Waals surface area (Å²) >= 11 is 12.1.